The van der Waals surface area contributed by atoms with Gasteiger partial charge in [0.25, 0.3) is 5.91 Å². The van der Waals surface area contributed by atoms with Gasteiger partial charge < -0.3 is 0 Å². The Kier molecular flexibility index (Phi) is 2.88. The molecule has 1 unspecified atom stereocenters. The summed E-state index contributed by atoms with van der Waals surface area (Å²) in [7, 11) is 0. The maximum absolute atomic E-state index is 11.6. The second kappa shape index (κ2) is 4.34. The molecule has 1 atom stereocenters. The molecule has 88 valence electrons. The lowest BCUT2D eigenvalue weighted by Gasteiger charge is -2.15. The fraction of sp³-hybridized carbons (Fsp3) is 0.182. The van der Waals surface area contributed by atoms with Gasteiger partial charge in [0.1, 0.15) is 6.04 Å². The van der Waals surface area contributed by atoms with Crippen LogP contribution in [0.4, 0.5) is 0 Å². The fourth-order valence-electron chi connectivity index (χ4n) is 1.67. The van der Waals surface area contributed by atoms with Crippen molar-refractivity contribution in [3.8, 4) is 0 Å². The van der Waals surface area contributed by atoms with E-state index in [4.69, 9.17) is 5.84 Å². The molecule has 6 nitrogen and oxygen atoms in total. The average Bonchev–Trinajstić information content (AvgIpc) is 2.38. The summed E-state index contributed by atoms with van der Waals surface area (Å²) in [6, 6.07) is 6.41. The maximum Gasteiger partial charge on any atom is 0.258 e. The van der Waals surface area contributed by atoms with Crippen molar-refractivity contribution in [2.24, 2.45) is 5.84 Å². The van der Waals surface area contributed by atoms with Crippen molar-refractivity contribution in [2.45, 2.75) is 13.0 Å². The van der Waals surface area contributed by atoms with E-state index in [-0.39, 0.29) is 11.3 Å². The minimum Gasteiger partial charge on any atom is -0.292 e. The van der Waals surface area contributed by atoms with Crippen molar-refractivity contribution in [3.63, 3.8) is 0 Å². The molecule has 0 saturated heterocycles. The number of benzene rings is 1. The number of fused-ring (bicyclic) bond motifs is 1. The largest absolute Gasteiger partial charge is 0.292 e. The fourth-order valence-corrected chi connectivity index (χ4v) is 1.67. The monoisotopic (exact) mass is 232 g/mol. The van der Waals surface area contributed by atoms with E-state index in [2.05, 4.69) is 10.5 Å². The summed E-state index contributed by atoms with van der Waals surface area (Å²) in [6.07, 6.45) is 1.20. The Labute approximate surface area is 97.0 Å². The van der Waals surface area contributed by atoms with Crippen molar-refractivity contribution in [1.82, 2.24) is 15.2 Å². The molecular weight excluding hydrogens is 220 g/mol. The summed E-state index contributed by atoms with van der Waals surface area (Å²) < 4.78 is 1.47. The summed E-state index contributed by atoms with van der Waals surface area (Å²) in [4.78, 5) is 23.1. The molecule has 0 bridgehead atoms. The molecule has 0 spiro atoms. The normalized spacial score (nSPS) is 12.4. The van der Waals surface area contributed by atoms with E-state index in [1.165, 1.54) is 10.9 Å². The first kappa shape index (κ1) is 11.3. The standard InChI is InChI=1S/C11H12N4O2/c1-7(11(17)14-12)15-9-5-3-2-4-8(9)10(16)6-13-15/h2-7H,12H2,1H3,(H,14,17). The van der Waals surface area contributed by atoms with Crippen LogP contribution in [0.2, 0.25) is 0 Å². The van der Waals surface area contributed by atoms with Crippen LogP contribution < -0.4 is 16.7 Å². The molecule has 0 saturated carbocycles. The van der Waals surface area contributed by atoms with Gasteiger partial charge in [-0.15, -0.1) is 0 Å². The third kappa shape index (κ3) is 1.90. The van der Waals surface area contributed by atoms with Crippen molar-refractivity contribution in [2.75, 3.05) is 0 Å². The zero-order valence-electron chi connectivity index (χ0n) is 9.25. The molecule has 1 aromatic carbocycles. The van der Waals surface area contributed by atoms with Gasteiger partial charge in [0.15, 0.2) is 0 Å². The summed E-state index contributed by atoms with van der Waals surface area (Å²) in [5.41, 5.74) is 2.50. The Morgan fingerprint density at radius 2 is 2.18 bits per heavy atom. The minimum absolute atomic E-state index is 0.169. The third-order valence-electron chi connectivity index (χ3n) is 2.60. The molecule has 3 N–H and O–H groups in total. The Bertz CT molecular complexity index is 620. The van der Waals surface area contributed by atoms with Crippen LogP contribution in [-0.2, 0) is 4.79 Å². The van der Waals surface area contributed by atoms with Gasteiger partial charge in [0.05, 0.1) is 11.7 Å². The topological polar surface area (TPSA) is 90.0 Å². The van der Waals surface area contributed by atoms with E-state index in [1.54, 1.807) is 31.2 Å². The number of nitrogens with one attached hydrogen (secondary N) is 1. The Balaban J connectivity index is 2.67. The summed E-state index contributed by atoms with van der Waals surface area (Å²) >= 11 is 0. The smallest absolute Gasteiger partial charge is 0.258 e. The first-order valence-electron chi connectivity index (χ1n) is 5.12. The molecule has 1 heterocycles. The van der Waals surface area contributed by atoms with Crippen molar-refractivity contribution in [1.29, 1.82) is 0 Å². The molecular formula is C11H12N4O2. The third-order valence-corrected chi connectivity index (χ3v) is 2.60. The Hall–Kier alpha value is -2.21. The van der Waals surface area contributed by atoms with Gasteiger partial charge in [0, 0.05) is 5.39 Å². The molecule has 0 aliphatic rings. The van der Waals surface area contributed by atoms with Gasteiger partial charge in [-0.2, -0.15) is 5.10 Å². The van der Waals surface area contributed by atoms with Gasteiger partial charge in [0.2, 0.25) is 5.43 Å². The number of rotatable bonds is 2. The SMILES string of the molecule is CC(C(=O)NN)n1ncc(=O)c2ccccc21. The van der Waals surface area contributed by atoms with Crippen LogP contribution in [0.1, 0.15) is 13.0 Å². The first-order valence-corrected chi connectivity index (χ1v) is 5.12. The number of hydrogen-bond donors (Lipinski definition) is 2. The molecule has 2 rings (SSSR count). The number of nitrogens with zero attached hydrogens (tertiary/aromatic N) is 2. The van der Waals surface area contributed by atoms with Crippen LogP contribution in [0.3, 0.4) is 0 Å². The lowest BCUT2D eigenvalue weighted by atomic mass is 10.2. The molecule has 0 radical (unpaired) electrons. The molecule has 6 heteroatoms. The summed E-state index contributed by atoms with van der Waals surface area (Å²) in [6.45, 7) is 1.66. The van der Waals surface area contributed by atoms with Gasteiger partial charge >= 0.3 is 0 Å². The van der Waals surface area contributed by atoms with Crippen molar-refractivity contribution >= 4 is 16.8 Å². The molecule has 1 aromatic heterocycles. The van der Waals surface area contributed by atoms with E-state index in [0.717, 1.165) is 0 Å². The summed E-state index contributed by atoms with van der Waals surface area (Å²) in [5, 5.41) is 4.49. The highest BCUT2D eigenvalue weighted by Gasteiger charge is 2.16. The lowest BCUT2D eigenvalue weighted by Crippen LogP contribution is -2.37. The van der Waals surface area contributed by atoms with Gasteiger partial charge in [-0.3, -0.25) is 19.7 Å². The zero-order valence-corrected chi connectivity index (χ0v) is 9.25. The number of carbonyl (C=O) groups excluding carboxylic acids is 1. The predicted octanol–water partition coefficient (Wildman–Crippen LogP) is -0.0526. The van der Waals surface area contributed by atoms with Crippen molar-refractivity contribution < 1.29 is 4.79 Å². The maximum atomic E-state index is 11.6. The highest BCUT2D eigenvalue weighted by molar-refractivity contribution is 5.83. The van der Waals surface area contributed by atoms with Crippen LogP contribution in [0.5, 0.6) is 0 Å². The molecule has 2 aromatic rings. The van der Waals surface area contributed by atoms with Crippen LogP contribution in [-0.4, -0.2) is 15.7 Å². The zero-order chi connectivity index (χ0) is 12.4. The number of hydrazine groups is 1. The second-order valence-electron chi connectivity index (χ2n) is 3.66. The van der Waals surface area contributed by atoms with Crippen LogP contribution >= 0.6 is 0 Å². The highest BCUT2D eigenvalue weighted by Crippen LogP contribution is 2.13. The van der Waals surface area contributed by atoms with Crippen LogP contribution in [0, 0.1) is 0 Å². The van der Waals surface area contributed by atoms with Gasteiger partial charge in [-0.1, -0.05) is 12.1 Å². The molecule has 0 aliphatic carbocycles. The Morgan fingerprint density at radius 3 is 2.88 bits per heavy atom. The van der Waals surface area contributed by atoms with Gasteiger partial charge in [-0.05, 0) is 19.1 Å². The number of nitrogens with two attached hydrogens (primary N) is 1. The molecule has 1 amide bonds. The number of hydrogen-bond acceptors (Lipinski definition) is 4. The quantitative estimate of drug-likeness (QED) is 0.431. The number of carbonyl (C=O) groups is 1. The highest BCUT2D eigenvalue weighted by atomic mass is 16.2. The summed E-state index contributed by atoms with van der Waals surface area (Å²) in [5.74, 6) is 4.71. The average molecular weight is 232 g/mol. The molecule has 0 aliphatic heterocycles. The van der Waals surface area contributed by atoms with E-state index in [1.807, 2.05) is 0 Å². The van der Waals surface area contributed by atoms with Crippen LogP contribution in [0.25, 0.3) is 10.9 Å². The van der Waals surface area contributed by atoms with E-state index >= 15 is 0 Å². The molecule has 0 fully saturated rings. The Morgan fingerprint density at radius 1 is 1.47 bits per heavy atom. The molecule has 17 heavy (non-hydrogen) atoms. The predicted molar refractivity (Wildman–Crippen MR) is 63.0 cm³/mol. The van der Waals surface area contributed by atoms with E-state index in [0.29, 0.717) is 10.9 Å². The number of amides is 1. The second-order valence-corrected chi connectivity index (χ2v) is 3.66. The lowest BCUT2D eigenvalue weighted by molar-refractivity contribution is -0.124. The minimum atomic E-state index is -0.578. The number of aromatic nitrogens is 2. The van der Waals surface area contributed by atoms with E-state index in [9.17, 15) is 9.59 Å². The van der Waals surface area contributed by atoms with E-state index < -0.39 is 6.04 Å². The number of para-hydroxylation sites is 1. The van der Waals surface area contributed by atoms with Crippen LogP contribution in [0.15, 0.2) is 35.3 Å². The van der Waals surface area contributed by atoms with Gasteiger partial charge in [-0.25, -0.2) is 5.84 Å². The first-order chi connectivity index (χ1) is 8.15. The van der Waals surface area contributed by atoms with Crippen molar-refractivity contribution in [3.05, 3.63) is 40.7 Å².